The van der Waals surface area contributed by atoms with E-state index in [9.17, 15) is 5.11 Å². The molecule has 0 aromatic heterocycles. The van der Waals surface area contributed by atoms with Gasteiger partial charge in [0.15, 0.2) is 0 Å². The fraction of sp³-hybridized carbons (Fsp3) is 1.00. The molecule has 2 nitrogen and oxygen atoms in total. The average molecular weight is 155 g/mol. The number of hydrogen-bond acceptors (Lipinski definition) is 2. The third-order valence-corrected chi connectivity index (χ3v) is 3.26. The first-order chi connectivity index (χ1) is 5.38. The van der Waals surface area contributed by atoms with Gasteiger partial charge in [0.25, 0.3) is 0 Å². The van der Waals surface area contributed by atoms with Gasteiger partial charge in [0.1, 0.15) is 0 Å². The van der Waals surface area contributed by atoms with Gasteiger partial charge in [-0.25, -0.2) is 0 Å². The van der Waals surface area contributed by atoms with Crippen LogP contribution in [0.5, 0.6) is 0 Å². The Bertz CT molecular complexity index is 132. The van der Waals surface area contributed by atoms with Crippen LogP contribution in [0.15, 0.2) is 0 Å². The number of hydrogen-bond donors (Lipinski definition) is 2. The first kappa shape index (κ1) is 7.56. The minimum absolute atomic E-state index is 0.0611. The van der Waals surface area contributed by atoms with Crippen LogP contribution in [0.2, 0.25) is 0 Å². The molecule has 1 aliphatic heterocycles. The van der Waals surface area contributed by atoms with Crippen molar-refractivity contribution >= 4 is 0 Å². The predicted octanol–water partition coefficient (Wildman–Crippen LogP) is 0.757. The molecule has 1 aliphatic carbocycles. The van der Waals surface area contributed by atoms with Crippen LogP contribution in [0.1, 0.15) is 25.7 Å². The van der Waals surface area contributed by atoms with Crippen LogP contribution in [0.3, 0.4) is 0 Å². The van der Waals surface area contributed by atoms with Crippen LogP contribution in [-0.2, 0) is 0 Å². The van der Waals surface area contributed by atoms with Gasteiger partial charge < -0.3 is 10.4 Å². The quantitative estimate of drug-likeness (QED) is 0.586. The Morgan fingerprint density at radius 2 is 2.00 bits per heavy atom. The molecule has 0 radical (unpaired) electrons. The van der Waals surface area contributed by atoms with E-state index in [-0.39, 0.29) is 6.10 Å². The summed E-state index contributed by atoms with van der Waals surface area (Å²) in [6, 6.07) is 0. The van der Waals surface area contributed by atoms with E-state index in [0.29, 0.717) is 5.92 Å². The van der Waals surface area contributed by atoms with E-state index in [1.54, 1.807) is 0 Å². The second-order valence-corrected chi connectivity index (χ2v) is 3.91. The third-order valence-electron chi connectivity index (χ3n) is 3.26. The molecular weight excluding hydrogens is 138 g/mol. The summed E-state index contributed by atoms with van der Waals surface area (Å²) in [5.41, 5.74) is 0. The molecule has 2 aliphatic rings. The van der Waals surface area contributed by atoms with E-state index in [0.717, 1.165) is 19.0 Å². The van der Waals surface area contributed by atoms with Crippen LogP contribution in [0.25, 0.3) is 0 Å². The van der Waals surface area contributed by atoms with Crippen molar-refractivity contribution in [1.29, 1.82) is 0 Å². The Hall–Kier alpha value is -0.0800. The van der Waals surface area contributed by atoms with E-state index in [1.807, 2.05) is 0 Å². The number of rotatable bonds is 1. The number of β-amino-alcohol motifs (C(OH)–C–C–N with tert-alkyl or cyclic N) is 1. The monoisotopic (exact) mass is 155 g/mol. The maximum atomic E-state index is 9.64. The van der Waals surface area contributed by atoms with Gasteiger partial charge in [-0.1, -0.05) is 19.3 Å². The van der Waals surface area contributed by atoms with E-state index in [1.165, 1.54) is 25.7 Å². The molecule has 1 saturated heterocycles. The molecule has 2 N–H and O–H groups in total. The lowest BCUT2D eigenvalue weighted by Gasteiger charge is -2.39. The molecule has 0 amide bonds. The second-order valence-electron chi connectivity index (χ2n) is 3.91. The van der Waals surface area contributed by atoms with Crippen molar-refractivity contribution in [2.45, 2.75) is 31.8 Å². The molecule has 2 unspecified atom stereocenters. The van der Waals surface area contributed by atoms with Crippen LogP contribution in [-0.4, -0.2) is 24.3 Å². The maximum Gasteiger partial charge on any atom is 0.0695 e. The normalized spacial score (nSPS) is 40.1. The van der Waals surface area contributed by atoms with E-state index >= 15 is 0 Å². The van der Waals surface area contributed by atoms with Crippen LogP contribution >= 0.6 is 0 Å². The van der Waals surface area contributed by atoms with Crippen LogP contribution in [0.4, 0.5) is 0 Å². The molecular formula is C9H17NO. The van der Waals surface area contributed by atoms with Gasteiger partial charge in [-0.3, -0.25) is 0 Å². The van der Waals surface area contributed by atoms with Crippen molar-refractivity contribution in [3.63, 3.8) is 0 Å². The zero-order valence-corrected chi connectivity index (χ0v) is 6.92. The van der Waals surface area contributed by atoms with Gasteiger partial charge in [-0.15, -0.1) is 0 Å². The Morgan fingerprint density at radius 1 is 1.18 bits per heavy atom. The van der Waals surface area contributed by atoms with Crippen LogP contribution in [0, 0.1) is 11.8 Å². The topological polar surface area (TPSA) is 32.3 Å². The molecule has 1 heterocycles. The van der Waals surface area contributed by atoms with Gasteiger partial charge in [-0.05, 0) is 24.8 Å². The molecule has 2 fully saturated rings. The average Bonchev–Trinajstić information content (AvgIpc) is 1.90. The molecule has 2 rings (SSSR count). The second kappa shape index (κ2) is 3.11. The molecule has 0 aromatic carbocycles. The Kier molecular flexibility index (Phi) is 2.14. The van der Waals surface area contributed by atoms with Crippen molar-refractivity contribution in [2.75, 3.05) is 13.1 Å². The number of aliphatic hydroxyl groups is 1. The maximum absolute atomic E-state index is 9.64. The first-order valence-corrected chi connectivity index (χ1v) is 4.76. The van der Waals surface area contributed by atoms with Gasteiger partial charge in [0.05, 0.1) is 6.10 Å². The number of aliphatic hydroxyl groups excluding tert-OH is 1. The zero-order chi connectivity index (χ0) is 7.68. The molecule has 1 saturated carbocycles. The van der Waals surface area contributed by atoms with Crippen molar-refractivity contribution < 1.29 is 5.11 Å². The molecule has 64 valence electrons. The Morgan fingerprint density at radius 3 is 2.55 bits per heavy atom. The highest BCUT2D eigenvalue weighted by molar-refractivity contribution is 4.86. The molecule has 2 heteroatoms. The summed E-state index contributed by atoms with van der Waals surface area (Å²) in [6.45, 7) is 1.93. The first-order valence-electron chi connectivity index (χ1n) is 4.76. The summed E-state index contributed by atoms with van der Waals surface area (Å²) in [5.74, 6) is 1.47. The zero-order valence-electron chi connectivity index (χ0n) is 6.92. The standard InChI is InChI=1S/C9H17NO/c11-9-6-10-5-4-8(9)7-2-1-3-7/h7-11H,1-6H2. The lowest BCUT2D eigenvalue weighted by Crippen LogP contribution is -2.45. The van der Waals surface area contributed by atoms with Gasteiger partial charge in [0, 0.05) is 6.54 Å². The van der Waals surface area contributed by atoms with Crippen molar-refractivity contribution in [3.8, 4) is 0 Å². The van der Waals surface area contributed by atoms with Gasteiger partial charge in [-0.2, -0.15) is 0 Å². The number of piperidine rings is 1. The largest absolute Gasteiger partial charge is 0.392 e. The minimum Gasteiger partial charge on any atom is -0.392 e. The fourth-order valence-electron chi connectivity index (χ4n) is 2.28. The van der Waals surface area contributed by atoms with Crippen LogP contribution < -0.4 is 5.32 Å². The lowest BCUT2D eigenvalue weighted by molar-refractivity contribution is 0.0223. The molecule has 0 spiro atoms. The molecule has 11 heavy (non-hydrogen) atoms. The van der Waals surface area contributed by atoms with Gasteiger partial charge in [0.2, 0.25) is 0 Å². The number of nitrogens with one attached hydrogen (secondary N) is 1. The summed E-state index contributed by atoms with van der Waals surface area (Å²) in [6.07, 6.45) is 5.24. The Balaban J connectivity index is 1.88. The smallest absolute Gasteiger partial charge is 0.0695 e. The SMILES string of the molecule is OC1CNCCC1C1CCC1. The highest BCUT2D eigenvalue weighted by Crippen LogP contribution is 2.37. The third kappa shape index (κ3) is 1.42. The summed E-state index contributed by atoms with van der Waals surface area (Å²) in [5, 5.41) is 12.9. The Labute approximate surface area is 68.0 Å². The molecule has 0 bridgehead atoms. The summed E-state index contributed by atoms with van der Waals surface area (Å²) in [4.78, 5) is 0. The van der Waals surface area contributed by atoms with Crippen molar-refractivity contribution in [3.05, 3.63) is 0 Å². The van der Waals surface area contributed by atoms with Crippen molar-refractivity contribution in [1.82, 2.24) is 5.32 Å². The minimum atomic E-state index is -0.0611. The summed E-state index contributed by atoms with van der Waals surface area (Å²) < 4.78 is 0. The summed E-state index contributed by atoms with van der Waals surface area (Å²) >= 11 is 0. The van der Waals surface area contributed by atoms with Gasteiger partial charge >= 0.3 is 0 Å². The fourth-order valence-corrected chi connectivity index (χ4v) is 2.28. The lowest BCUT2D eigenvalue weighted by atomic mass is 9.71. The molecule has 2 atom stereocenters. The van der Waals surface area contributed by atoms with E-state index in [4.69, 9.17) is 0 Å². The predicted molar refractivity (Wildman–Crippen MR) is 44.3 cm³/mol. The van der Waals surface area contributed by atoms with Crippen molar-refractivity contribution in [2.24, 2.45) is 11.8 Å². The highest BCUT2D eigenvalue weighted by atomic mass is 16.3. The van der Waals surface area contributed by atoms with E-state index < -0.39 is 0 Å². The van der Waals surface area contributed by atoms with E-state index in [2.05, 4.69) is 5.32 Å². The highest BCUT2D eigenvalue weighted by Gasteiger charge is 2.33. The molecule has 0 aromatic rings. The summed E-state index contributed by atoms with van der Waals surface area (Å²) in [7, 11) is 0.